The van der Waals surface area contributed by atoms with Gasteiger partial charge in [-0.05, 0) is 44.7 Å². The first kappa shape index (κ1) is 14.8. The predicted molar refractivity (Wildman–Crippen MR) is 74.0 cm³/mol. The molecule has 0 radical (unpaired) electrons. The third kappa shape index (κ3) is 4.46. The molecule has 0 amide bonds. The van der Waals surface area contributed by atoms with E-state index >= 15 is 0 Å². The number of methoxy groups -OCH3 is 1. The molecule has 0 N–H and O–H groups in total. The molecule has 0 aromatic heterocycles. The predicted octanol–water partition coefficient (Wildman–Crippen LogP) is 2.08. The molecule has 2 rings (SSSR count). The van der Waals surface area contributed by atoms with Gasteiger partial charge in [0.2, 0.25) is 0 Å². The van der Waals surface area contributed by atoms with Gasteiger partial charge in [-0.15, -0.1) is 0 Å². The summed E-state index contributed by atoms with van der Waals surface area (Å²) < 4.78 is 10.4. The van der Waals surface area contributed by atoms with Crippen LogP contribution in [0.25, 0.3) is 0 Å². The molecule has 0 bridgehead atoms. The van der Waals surface area contributed by atoms with Gasteiger partial charge in [0.15, 0.2) is 0 Å². The van der Waals surface area contributed by atoms with E-state index in [1.807, 2.05) is 0 Å². The molecular formula is C15H27NO3. The SMILES string of the molecule is COC(=O)C(CN1CCCCCC1)C1CCOCC1. The Labute approximate surface area is 116 Å². The van der Waals surface area contributed by atoms with E-state index in [0.717, 1.165) is 45.7 Å². The summed E-state index contributed by atoms with van der Waals surface area (Å²) in [7, 11) is 1.51. The van der Waals surface area contributed by atoms with Crippen molar-refractivity contribution in [3.63, 3.8) is 0 Å². The summed E-state index contributed by atoms with van der Waals surface area (Å²) in [6, 6.07) is 0. The largest absolute Gasteiger partial charge is 0.469 e. The van der Waals surface area contributed by atoms with Crippen molar-refractivity contribution in [2.24, 2.45) is 11.8 Å². The summed E-state index contributed by atoms with van der Waals surface area (Å²) >= 11 is 0. The first-order chi connectivity index (χ1) is 9.31. The maximum atomic E-state index is 12.1. The maximum absolute atomic E-state index is 12.1. The van der Waals surface area contributed by atoms with Gasteiger partial charge >= 0.3 is 5.97 Å². The zero-order chi connectivity index (χ0) is 13.5. The number of nitrogens with zero attached hydrogens (tertiary/aromatic N) is 1. The van der Waals surface area contributed by atoms with Crippen molar-refractivity contribution < 1.29 is 14.3 Å². The summed E-state index contributed by atoms with van der Waals surface area (Å²) in [5, 5.41) is 0. The van der Waals surface area contributed by atoms with Crippen molar-refractivity contribution in [3.05, 3.63) is 0 Å². The van der Waals surface area contributed by atoms with Gasteiger partial charge in [0.25, 0.3) is 0 Å². The second kappa shape index (κ2) is 7.85. The van der Waals surface area contributed by atoms with Crippen LogP contribution >= 0.6 is 0 Å². The fraction of sp³-hybridized carbons (Fsp3) is 0.933. The van der Waals surface area contributed by atoms with E-state index in [1.54, 1.807) is 0 Å². The molecule has 4 heteroatoms. The molecule has 2 fully saturated rings. The fourth-order valence-corrected chi connectivity index (χ4v) is 3.28. The molecule has 2 heterocycles. The van der Waals surface area contributed by atoms with Crippen molar-refractivity contribution in [2.75, 3.05) is 40.0 Å². The van der Waals surface area contributed by atoms with Gasteiger partial charge in [0.05, 0.1) is 13.0 Å². The highest BCUT2D eigenvalue weighted by Crippen LogP contribution is 2.26. The first-order valence-corrected chi connectivity index (χ1v) is 7.69. The first-order valence-electron chi connectivity index (χ1n) is 7.69. The van der Waals surface area contributed by atoms with Crippen molar-refractivity contribution >= 4 is 5.97 Å². The Hall–Kier alpha value is -0.610. The molecule has 0 aromatic rings. The zero-order valence-electron chi connectivity index (χ0n) is 12.1. The minimum atomic E-state index is -0.0313. The third-order valence-corrected chi connectivity index (χ3v) is 4.49. The van der Waals surface area contributed by atoms with Crippen molar-refractivity contribution in [2.45, 2.75) is 38.5 Å². The number of hydrogen-bond donors (Lipinski definition) is 0. The Morgan fingerprint density at radius 3 is 2.42 bits per heavy atom. The van der Waals surface area contributed by atoms with E-state index in [-0.39, 0.29) is 11.9 Å². The zero-order valence-corrected chi connectivity index (χ0v) is 12.1. The Morgan fingerprint density at radius 1 is 1.21 bits per heavy atom. The molecule has 2 aliphatic heterocycles. The lowest BCUT2D eigenvalue weighted by molar-refractivity contribution is -0.149. The molecule has 110 valence electrons. The van der Waals surface area contributed by atoms with Crippen LogP contribution < -0.4 is 0 Å². The molecule has 0 aromatic carbocycles. The molecule has 1 unspecified atom stereocenters. The van der Waals surface area contributed by atoms with E-state index in [0.29, 0.717) is 5.92 Å². The number of carbonyl (C=O) groups is 1. The van der Waals surface area contributed by atoms with Gasteiger partial charge in [-0.2, -0.15) is 0 Å². The summed E-state index contributed by atoms with van der Waals surface area (Å²) in [5.74, 6) is 0.438. The number of rotatable bonds is 4. The quantitative estimate of drug-likeness (QED) is 0.733. The maximum Gasteiger partial charge on any atom is 0.310 e. The molecule has 1 atom stereocenters. The van der Waals surface area contributed by atoms with Crippen LogP contribution in [0.3, 0.4) is 0 Å². The smallest absolute Gasteiger partial charge is 0.310 e. The van der Waals surface area contributed by atoms with Crippen LogP contribution in [0, 0.1) is 11.8 Å². The Kier molecular flexibility index (Phi) is 6.11. The topological polar surface area (TPSA) is 38.8 Å². The van der Waals surface area contributed by atoms with Crippen LogP contribution in [-0.2, 0) is 14.3 Å². The molecule has 0 saturated carbocycles. The van der Waals surface area contributed by atoms with E-state index in [1.165, 1.54) is 32.8 Å². The van der Waals surface area contributed by atoms with Gasteiger partial charge in [0.1, 0.15) is 0 Å². The van der Waals surface area contributed by atoms with Crippen molar-refractivity contribution in [1.29, 1.82) is 0 Å². The number of hydrogen-bond acceptors (Lipinski definition) is 4. The highest BCUT2D eigenvalue weighted by Gasteiger charge is 2.32. The molecule has 0 aliphatic carbocycles. The van der Waals surface area contributed by atoms with Crippen LogP contribution in [-0.4, -0.2) is 50.8 Å². The van der Waals surface area contributed by atoms with Crippen LogP contribution in [0.4, 0.5) is 0 Å². The molecule has 0 spiro atoms. The standard InChI is InChI=1S/C15H27NO3/c1-18-15(17)14(13-6-10-19-11-7-13)12-16-8-4-2-3-5-9-16/h13-14H,2-12H2,1H3. The van der Waals surface area contributed by atoms with E-state index in [2.05, 4.69) is 4.90 Å². The second-order valence-corrected chi connectivity index (χ2v) is 5.79. The highest BCUT2D eigenvalue weighted by molar-refractivity contribution is 5.72. The number of ether oxygens (including phenoxy) is 2. The summed E-state index contributed by atoms with van der Waals surface area (Å²) in [5.41, 5.74) is 0. The van der Waals surface area contributed by atoms with E-state index in [4.69, 9.17) is 9.47 Å². The molecule has 2 aliphatic rings. The normalized spacial score (nSPS) is 24.7. The van der Waals surface area contributed by atoms with Gasteiger partial charge < -0.3 is 14.4 Å². The molecule has 19 heavy (non-hydrogen) atoms. The highest BCUT2D eigenvalue weighted by atomic mass is 16.5. The Balaban J connectivity index is 1.93. The number of esters is 1. The average Bonchev–Trinajstić information content (AvgIpc) is 2.73. The molecule has 2 saturated heterocycles. The van der Waals surface area contributed by atoms with Crippen LogP contribution in [0.15, 0.2) is 0 Å². The third-order valence-electron chi connectivity index (χ3n) is 4.49. The Morgan fingerprint density at radius 2 is 1.84 bits per heavy atom. The summed E-state index contributed by atoms with van der Waals surface area (Å²) in [6.07, 6.45) is 7.18. The lowest BCUT2D eigenvalue weighted by Gasteiger charge is -2.32. The molecular weight excluding hydrogens is 242 g/mol. The van der Waals surface area contributed by atoms with Crippen molar-refractivity contribution in [3.8, 4) is 0 Å². The summed E-state index contributed by atoms with van der Waals surface area (Å²) in [6.45, 7) is 4.72. The van der Waals surface area contributed by atoms with Crippen molar-refractivity contribution in [1.82, 2.24) is 4.90 Å². The lowest BCUT2D eigenvalue weighted by atomic mass is 9.85. The lowest BCUT2D eigenvalue weighted by Crippen LogP contribution is -2.40. The minimum absolute atomic E-state index is 0.0313. The van der Waals surface area contributed by atoms with Gasteiger partial charge in [-0.1, -0.05) is 12.8 Å². The number of likely N-dealkylation sites (tertiary alicyclic amines) is 1. The monoisotopic (exact) mass is 269 g/mol. The second-order valence-electron chi connectivity index (χ2n) is 5.79. The van der Waals surface area contributed by atoms with Gasteiger partial charge in [-0.25, -0.2) is 0 Å². The Bertz CT molecular complexity index is 269. The fourth-order valence-electron chi connectivity index (χ4n) is 3.28. The summed E-state index contributed by atoms with van der Waals surface area (Å²) in [4.78, 5) is 14.5. The molecule has 4 nitrogen and oxygen atoms in total. The number of carbonyl (C=O) groups excluding carboxylic acids is 1. The van der Waals surface area contributed by atoms with E-state index in [9.17, 15) is 4.79 Å². The van der Waals surface area contributed by atoms with E-state index < -0.39 is 0 Å². The van der Waals surface area contributed by atoms with Crippen LogP contribution in [0.5, 0.6) is 0 Å². The average molecular weight is 269 g/mol. The van der Waals surface area contributed by atoms with Gasteiger partial charge in [0, 0.05) is 19.8 Å². The van der Waals surface area contributed by atoms with Crippen LogP contribution in [0.1, 0.15) is 38.5 Å². The van der Waals surface area contributed by atoms with Crippen LogP contribution in [0.2, 0.25) is 0 Å². The van der Waals surface area contributed by atoms with Gasteiger partial charge in [-0.3, -0.25) is 4.79 Å². The minimum Gasteiger partial charge on any atom is -0.469 e.